The van der Waals surface area contributed by atoms with Gasteiger partial charge >= 0.3 is 0 Å². The van der Waals surface area contributed by atoms with Gasteiger partial charge in [-0.15, -0.1) is 4.18 Å². The molecular weight excluding hydrogens is 257 g/mol. The quantitative estimate of drug-likeness (QED) is 0.790. The van der Waals surface area contributed by atoms with E-state index < -0.39 is 10.9 Å². The average molecular weight is 273 g/mol. The van der Waals surface area contributed by atoms with E-state index in [-0.39, 0.29) is 6.10 Å². The Balaban J connectivity index is 2.69. The first-order valence-electron chi connectivity index (χ1n) is 4.92. The van der Waals surface area contributed by atoms with Gasteiger partial charge in [-0.05, 0) is 12.8 Å². The minimum atomic E-state index is -0.549. The van der Waals surface area contributed by atoms with Crippen LogP contribution in [0.5, 0.6) is 0 Å². The zero-order valence-corrected chi connectivity index (χ0v) is 11.1. The number of halogens is 2. The molecule has 0 spiro atoms. The van der Waals surface area contributed by atoms with E-state index in [1.807, 2.05) is 0 Å². The van der Waals surface area contributed by atoms with Crippen LogP contribution in [0.3, 0.4) is 0 Å². The third kappa shape index (κ3) is 4.51. The summed E-state index contributed by atoms with van der Waals surface area (Å²) in [6.45, 7) is 4.25. The minimum Gasteiger partial charge on any atom is -0.250 e. The highest BCUT2D eigenvalue weighted by molar-refractivity contribution is 7.19. The number of H-pyrrole nitrogens is 2. The van der Waals surface area contributed by atoms with Gasteiger partial charge in [0.25, 0.3) is 10.9 Å². The molecule has 0 aliphatic rings. The second kappa shape index (κ2) is 6.48. The predicted octanol–water partition coefficient (Wildman–Crippen LogP) is 3.68. The monoisotopic (exact) mass is 272 g/mol. The van der Waals surface area contributed by atoms with E-state index in [0.29, 0.717) is 5.15 Å². The summed E-state index contributed by atoms with van der Waals surface area (Å²) in [6.07, 6.45) is 3.38. The average Bonchev–Trinajstić information content (AvgIpc) is 2.15. The minimum absolute atomic E-state index is 0.245. The second-order valence-corrected chi connectivity index (χ2v) is 5.11. The van der Waals surface area contributed by atoms with Crippen molar-refractivity contribution in [3.05, 3.63) is 10.5 Å². The molecule has 0 fully saturated rings. The smallest absolute Gasteiger partial charge is 0.250 e. The summed E-state index contributed by atoms with van der Waals surface area (Å²) in [6, 6.07) is 0. The molecule has 4 nitrogen and oxygen atoms in total. The van der Waals surface area contributed by atoms with Crippen LogP contribution in [0, 0.1) is 0 Å². The van der Waals surface area contributed by atoms with Crippen LogP contribution in [-0.2, 0) is 0 Å². The largest absolute Gasteiger partial charge is 0.254 e. The van der Waals surface area contributed by atoms with E-state index in [9.17, 15) is 0 Å². The first kappa shape index (κ1) is 13.0. The Morgan fingerprint density at radius 3 is 2.87 bits per heavy atom. The Morgan fingerprint density at radius 2 is 2.33 bits per heavy atom. The number of aromatic nitrogens is 3. The molecule has 2 atom stereocenters. The number of nitrogens with zero attached hydrogens (tertiary/aromatic N) is 1. The summed E-state index contributed by atoms with van der Waals surface area (Å²) in [7, 11) is -0.549. The molecule has 0 radical (unpaired) electrons. The van der Waals surface area contributed by atoms with Gasteiger partial charge in [0.1, 0.15) is 6.10 Å². The van der Waals surface area contributed by atoms with E-state index in [1.165, 1.54) is 4.32 Å². The lowest BCUT2D eigenvalue weighted by atomic mass is 10.2. The summed E-state index contributed by atoms with van der Waals surface area (Å²) < 4.78 is 9.90. The number of hydrogen-bond acceptors (Lipinski definition) is 1. The molecule has 2 unspecified atom stereocenters. The van der Waals surface area contributed by atoms with Gasteiger partial charge in [-0.25, -0.2) is 5.10 Å². The van der Waals surface area contributed by atoms with E-state index in [1.54, 1.807) is 5.38 Å². The summed E-state index contributed by atoms with van der Waals surface area (Å²) in [5.74, 6) is 0. The maximum Gasteiger partial charge on any atom is 0.254 e. The Bertz CT molecular complexity index is 307. The molecule has 7 heteroatoms. The normalized spacial score (nSPS) is 14.0. The molecule has 88 valence electrons. The van der Waals surface area contributed by atoms with Gasteiger partial charge < -0.3 is 0 Å². The van der Waals surface area contributed by atoms with Crippen LogP contribution in [0.4, 0.5) is 0 Å². The maximum atomic E-state index is 5.82. The molecule has 0 aliphatic carbocycles. The molecule has 1 aromatic heterocycles. The maximum absolute atomic E-state index is 5.82. The number of nitrogens with one attached hydrogen (secondary N) is 2. The summed E-state index contributed by atoms with van der Waals surface area (Å²) in [5, 5.41) is 4.92. The molecule has 0 aromatic carbocycles. The van der Waals surface area contributed by atoms with Gasteiger partial charge in [-0.3, -0.25) is 0 Å². The predicted molar refractivity (Wildman–Crippen MR) is 65.1 cm³/mol. The lowest BCUT2D eigenvalue weighted by Gasteiger charge is -2.07. The molecule has 1 rings (SSSR count). The molecule has 2 N–H and O–H groups in total. The van der Waals surface area contributed by atoms with Gasteiger partial charge in [-0.1, -0.05) is 40.7 Å². The third-order valence-corrected chi connectivity index (χ3v) is 3.78. The summed E-state index contributed by atoms with van der Waals surface area (Å²) in [5.41, 5.74) is 0. The zero-order valence-electron chi connectivity index (χ0n) is 8.80. The van der Waals surface area contributed by atoms with Crippen molar-refractivity contribution < 1.29 is 4.18 Å². The lowest BCUT2D eigenvalue weighted by Crippen LogP contribution is -2.16. The van der Waals surface area contributed by atoms with Gasteiger partial charge in [0.2, 0.25) is 5.38 Å². The van der Waals surface area contributed by atoms with Crippen LogP contribution >= 0.6 is 34.3 Å². The standard InChI is InChI=1S/C8H16Cl2N3OS/c1-3-5-7(4-2)14-15-6-8(9)11-13(10)12-15/h6-7,11-12H,3-5H2,1-2H3/q+1. The summed E-state index contributed by atoms with van der Waals surface area (Å²) in [4.78, 5) is 0. The van der Waals surface area contributed by atoms with Crippen LogP contribution in [0.25, 0.3) is 0 Å². The van der Waals surface area contributed by atoms with Gasteiger partial charge in [0.05, 0.1) is 11.8 Å². The van der Waals surface area contributed by atoms with Crippen LogP contribution in [0.15, 0.2) is 5.38 Å². The Kier molecular flexibility index (Phi) is 5.60. The van der Waals surface area contributed by atoms with E-state index in [0.717, 1.165) is 19.3 Å². The van der Waals surface area contributed by atoms with Crippen molar-refractivity contribution in [3.63, 3.8) is 0 Å². The fourth-order valence-corrected chi connectivity index (χ4v) is 2.97. The van der Waals surface area contributed by atoms with E-state index in [2.05, 4.69) is 23.4 Å². The fraction of sp³-hybridized carbons (Fsp3) is 0.750. The molecule has 1 heterocycles. The van der Waals surface area contributed by atoms with Crippen molar-refractivity contribution in [2.45, 2.75) is 39.2 Å². The molecular formula is C8H16Cl2N3OS+. The summed E-state index contributed by atoms with van der Waals surface area (Å²) >= 11 is 11.5. The second-order valence-electron chi connectivity index (χ2n) is 3.16. The van der Waals surface area contributed by atoms with Crippen molar-refractivity contribution in [1.29, 1.82) is 0 Å². The highest BCUT2D eigenvalue weighted by Crippen LogP contribution is 2.18. The molecule has 0 saturated carbocycles. The van der Waals surface area contributed by atoms with E-state index >= 15 is 0 Å². The molecule has 0 amide bonds. The van der Waals surface area contributed by atoms with Crippen molar-refractivity contribution in [1.82, 2.24) is 13.9 Å². The molecule has 0 saturated heterocycles. The van der Waals surface area contributed by atoms with Gasteiger partial charge in [0.15, 0.2) is 5.15 Å². The Morgan fingerprint density at radius 1 is 1.60 bits per heavy atom. The van der Waals surface area contributed by atoms with Crippen molar-refractivity contribution in [2.75, 3.05) is 0 Å². The number of hydrogen-bond donors (Lipinski definition) is 2. The molecule has 15 heavy (non-hydrogen) atoms. The van der Waals surface area contributed by atoms with Gasteiger partial charge in [0, 0.05) is 0 Å². The highest BCUT2D eigenvalue weighted by atomic mass is 35.5. The van der Waals surface area contributed by atoms with Crippen molar-refractivity contribution in [2.24, 2.45) is 0 Å². The van der Waals surface area contributed by atoms with E-state index in [4.69, 9.17) is 27.6 Å². The lowest BCUT2D eigenvalue weighted by molar-refractivity contribution is 0.256. The van der Waals surface area contributed by atoms with Crippen LogP contribution in [-0.4, -0.2) is 20.0 Å². The zero-order chi connectivity index (χ0) is 11.3. The Labute approximate surface area is 102 Å². The first-order valence-corrected chi connectivity index (χ1v) is 6.85. The van der Waals surface area contributed by atoms with Crippen molar-refractivity contribution in [3.8, 4) is 0 Å². The third-order valence-electron chi connectivity index (χ3n) is 1.89. The van der Waals surface area contributed by atoms with Gasteiger partial charge in [-0.2, -0.15) is 0 Å². The fourth-order valence-electron chi connectivity index (χ4n) is 1.18. The Hall–Kier alpha value is -0.100. The van der Waals surface area contributed by atoms with Crippen LogP contribution < -0.4 is 4.18 Å². The molecule has 1 aromatic rings. The number of aromatic amines is 2. The molecule has 0 aliphatic heterocycles. The van der Waals surface area contributed by atoms with Crippen molar-refractivity contribution >= 4 is 34.3 Å². The van der Waals surface area contributed by atoms with Crippen LogP contribution in [0.1, 0.15) is 33.1 Å². The SMILES string of the molecule is CCCC(CC)O[s+]1cc(Cl)[nH]n(Cl)[nH]1. The highest BCUT2D eigenvalue weighted by Gasteiger charge is 2.16. The first-order chi connectivity index (χ1) is 7.15. The number of rotatable bonds is 5. The molecule has 0 bridgehead atoms. The topological polar surface area (TPSA) is 45.7 Å². The van der Waals surface area contributed by atoms with Crippen LogP contribution in [0.2, 0.25) is 5.15 Å².